The van der Waals surface area contributed by atoms with Gasteiger partial charge in [0.05, 0.1) is 31.5 Å². The van der Waals surface area contributed by atoms with Gasteiger partial charge < -0.3 is 28.8 Å². The third-order valence-corrected chi connectivity index (χ3v) is 5.89. The van der Waals surface area contributed by atoms with Gasteiger partial charge in [0.1, 0.15) is 12.3 Å². The van der Waals surface area contributed by atoms with Gasteiger partial charge in [-0.05, 0) is 68.3 Å². The molecule has 1 N–H and O–H groups in total. The van der Waals surface area contributed by atoms with E-state index >= 15 is 0 Å². The number of amides is 3. The van der Waals surface area contributed by atoms with Gasteiger partial charge in [-0.3, -0.25) is 4.79 Å². The lowest BCUT2D eigenvalue weighted by Crippen LogP contribution is -2.45. The predicted molar refractivity (Wildman–Crippen MR) is 130 cm³/mol. The fourth-order valence-electron chi connectivity index (χ4n) is 3.78. The van der Waals surface area contributed by atoms with Crippen molar-refractivity contribution >= 4 is 23.6 Å². The fraction of sp³-hybridized carbons (Fsp3) is 0.346. The zero-order valence-electron chi connectivity index (χ0n) is 20.0. The van der Waals surface area contributed by atoms with Crippen LogP contribution in [0.4, 0.5) is 10.5 Å². The van der Waals surface area contributed by atoms with Gasteiger partial charge in [-0.1, -0.05) is 0 Å². The van der Waals surface area contributed by atoms with Crippen LogP contribution in [0.5, 0.6) is 0 Å². The van der Waals surface area contributed by atoms with Crippen molar-refractivity contribution in [3.8, 4) is 0 Å². The van der Waals surface area contributed by atoms with Crippen molar-refractivity contribution < 1.29 is 23.5 Å². The van der Waals surface area contributed by atoms with Crippen molar-refractivity contribution in [2.75, 3.05) is 18.5 Å². The van der Waals surface area contributed by atoms with Crippen LogP contribution < -0.4 is 5.32 Å². The van der Waals surface area contributed by atoms with E-state index in [0.29, 0.717) is 36.7 Å². The molecule has 9 heteroatoms. The highest BCUT2D eigenvalue weighted by molar-refractivity contribution is 5.94. The molecule has 1 fully saturated rings. The molecule has 2 heterocycles. The van der Waals surface area contributed by atoms with Crippen LogP contribution in [-0.2, 0) is 29.7 Å². The number of nitrogens with zero attached hydrogens (tertiary/aromatic N) is 3. The summed E-state index contributed by atoms with van der Waals surface area (Å²) in [6, 6.07) is 13.7. The Labute approximate surface area is 204 Å². The van der Waals surface area contributed by atoms with Crippen molar-refractivity contribution in [2.24, 2.45) is 7.05 Å². The van der Waals surface area contributed by atoms with Gasteiger partial charge >= 0.3 is 12.0 Å². The zero-order chi connectivity index (χ0) is 24.8. The third kappa shape index (κ3) is 6.32. The topological polar surface area (TPSA) is 97.0 Å². The Morgan fingerprint density at radius 3 is 2.46 bits per heavy atom. The minimum absolute atomic E-state index is 0.0262. The first-order valence-corrected chi connectivity index (χ1v) is 11.7. The molecule has 0 saturated heterocycles. The lowest BCUT2D eigenvalue weighted by atomic mass is 10.2. The molecule has 1 saturated carbocycles. The molecular weight excluding hydrogens is 448 g/mol. The van der Waals surface area contributed by atoms with E-state index in [1.807, 2.05) is 36.0 Å². The van der Waals surface area contributed by atoms with Crippen molar-refractivity contribution in [3.63, 3.8) is 0 Å². The molecule has 3 amide bonds. The zero-order valence-corrected chi connectivity index (χ0v) is 20.0. The minimum Gasteiger partial charge on any atom is -0.467 e. The first-order valence-electron chi connectivity index (χ1n) is 11.7. The van der Waals surface area contributed by atoms with Gasteiger partial charge in [-0.25, -0.2) is 9.59 Å². The summed E-state index contributed by atoms with van der Waals surface area (Å²) in [5.41, 5.74) is 1.93. The van der Waals surface area contributed by atoms with E-state index in [2.05, 4.69) is 5.32 Å². The smallest absolute Gasteiger partial charge is 0.338 e. The number of rotatable bonds is 10. The minimum atomic E-state index is -0.412. The summed E-state index contributed by atoms with van der Waals surface area (Å²) in [4.78, 5) is 41.6. The molecule has 1 aromatic carbocycles. The normalized spacial score (nSPS) is 12.7. The van der Waals surface area contributed by atoms with Crippen LogP contribution in [0, 0.1) is 0 Å². The van der Waals surface area contributed by atoms with E-state index in [1.54, 1.807) is 53.3 Å². The summed E-state index contributed by atoms with van der Waals surface area (Å²) in [7, 11) is 1.93. The van der Waals surface area contributed by atoms with Crippen molar-refractivity contribution in [1.29, 1.82) is 0 Å². The molecule has 2 aromatic heterocycles. The van der Waals surface area contributed by atoms with Gasteiger partial charge in [0.2, 0.25) is 5.91 Å². The molecule has 1 aliphatic rings. The molecule has 0 atom stereocenters. The van der Waals surface area contributed by atoms with E-state index in [0.717, 1.165) is 18.5 Å². The van der Waals surface area contributed by atoms with Crippen LogP contribution in [0.3, 0.4) is 0 Å². The van der Waals surface area contributed by atoms with Crippen LogP contribution in [0.25, 0.3) is 0 Å². The largest absolute Gasteiger partial charge is 0.467 e. The van der Waals surface area contributed by atoms with Crippen molar-refractivity contribution in [3.05, 3.63) is 78.0 Å². The molecule has 1 aliphatic carbocycles. The monoisotopic (exact) mass is 478 g/mol. The molecule has 9 nitrogen and oxygen atoms in total. The molecule has 0 aliphatic heterocycles. The average Bonchev–Trinajstić information content (AvgIpc) is 3.40. The highest BCUT2D eigenvalue weighted by Gasteiger charge is 2.35. The number of benzene rings is 1. The lowest BCUT2D eigenvalue weighted by molar-refractivity contribution is -0.133. The quantitative estimate of drug-likeness (QED) is 0.444. The summed E-state index contributed by atoms with van der Waals surface area (Å²) >= 11 is 0. The average molecular weight is 479 g/mol. The van der Waals surface area contributed by atoms with E-state index in [9.17, 15) is 14.4 Å². The molecule has 4 rings (SSSR count). The van der Waals surface area contributed by atoms with E-state index < -0.39 is 5.97 Å². The Morgan fingerprint density at radius 1 is 1.09 bits per heavy atom. The van der Waals surface area contributed by atoms with E-state index in [4.69, 9.17) is 9.15 Å². The van der Waals surface area contributed by atoms with Gasteiger partial charge in [0.15, 0.2) is 0 Å². The van der Waals surface area contributed by atoms with Gasteiger partial charge in [-0.2, -0.15) is 0 Å². The van der Waals surface area contributed by atoms with Gasteiger partial charge in [0.25, 0.3) is 0 Å². The Balaban J connectivity index is 1.43. The second kappa shape index (κ2) is 10.9. The fourth-order valence-corrected chi connectivity index (χ4v) is 3.78. The van der Waals surface area contributed by atoms with E-state index in [-0.39, 0.29) is 24.5 Å². The number of esters is 1. The summed E-state index contributed by atoms with van der Waals surface area (Å²) in [6.07, 6.45) is 5.23. The Hall–Kier alpha value is -4.01. The molecule has 0 unspecified atom stereocenters. The van der Waals surface area contributed by atoms with Crippen LogP contribution in [-0.4, -0.2) is 51.5 Å². The van der Waals surface area contributed by atoms with Crippen LogP contribution in [0.2, 0.25) is 0 Å². The number of anilines is 1. The molecule has 35 heavy (non-hydrogen) atoms. The molecule has 184 valence electrons. The number of nitrogens with one attached hydrogen (secondary N) is 1. The van der Waals surface area contributed by atoms with Gasteiger partial charge in [-0.15, -0.1) is 0 Å². The lowest BCUT2D eigenvalue weighted by Gasteiger charge is -2.27. The summed E-state index contributed by atoms with van der Waals surface area (Å²) < 4.78 is 12.4. The van der Waals surface area contributed by atoms with Crippen molar-refractivity contribution in [1.82, 2.24) is 14.4 Å². The highest BCUT2D eigenvalue weighted by Crippen LogP contribution is 2.28. The first kappa shape index (κ1) is 24.1. The van der Waals surface area contributed by atoms with Gasteiger partial charge in [0, 0.05) is 30.7 Å². The number of ether oxygens (including phenoxy) is 1. The number of aromatic nitrogens is 1. The maximum Gasteiger partial charge on any atom is 0.338 e. The maximum atomic E-state index is 13.4. The van der Waals surface area contributed by atoms with Crippen LogP contribution in [0.1, 0.15) is 41.6 Å². The number of urea groups is 1. The summed E-state index contributed by atoms with van der Waals surface area (Å²) in [5.74, 6) is 0.101. The van der Waals surface area contributed by atoms with Crippen molar-refractivity contribution in [2.45, 2.75) is 38.9 Å². The number of hydrogen-bond donors (Lipinski definition) is 1. The third-order valence-electron chi connectivity index (χ3n) is 5.89. The Kier molecular flexibility index (Phi) is 7.54. The molecule has 0 spiro atoms. The Bertz CT molecular complexity index is 1150. The molecule has 0 bridgehead atoms. The number of carbonyl (C=O) groups is 3. The highest BCUT2D eigenvalue weighted by atomic mass is 16.5. The predicted octanol–water partition coefficient (Wildman–Crippen LogP) is 4.02. The first-order chi connectivity index (χ1) is 16.9. The Morgan fingerprint density at radius 2 is 1.86 bits per heavy atom. The molecule has 3 aromatic rings. The molecular formula is C26H30N4O5. The number of aryl methyl sites for hydroxylation is 1. The van der Waals surface area contributed by atoms with E-state index in [1.165, 1.54) is 0 Å². The molecule has 0 radical (unpaired) electrons. The summed E-state index contributed by atoms with van der Waals surface area (Å²) in [5, 5.41) is 2.85. The second-order valence-corrected chi connectivity index (χ2v) is 8.53. The standard InChI is InChI=1S/C26H30N4O5/c1-3-34-25(32)19-8-10-20(11-9-19)27-26(33)30(21-12-13-21)18-24(31)29(17-23-7-5-15-35-23)16-22-6-4-14-28(22)2/h4-11,14-15,21H,3,12-13,16-18H2,1-2H3,(H,27,33). The second-order valence-electron chi connectivity index (χ2n) is 8.53. The summed E-state index contributed by atoms with van der Waals surface area (Å²) in [6.45, 7) is 2.71. The van der Waals surface area contributed by atoms with Crippen LogP contribution in [0.15, 0.2) is 65.4 Å². The number of furan rings is 1. The van der Waals surface area contributed by atoms with Crippen LogP contribution >= 0.6 is 0 Å². The SMILES string of the molecule is CCOC(=O)c1ccc(NC(=O)N(CC(=O)N(Cc2ccco2)Cc2cccn2C)C2CC2)cc1. The maximum absolute atomic E-state index is 13.4. The number of carbonyl (C=O) groups excluding carboxylic acids is 3. The number of hydrogen-bond acceptors (Lipinski definition) is 5.